The zero-order chi connectivity index (χ0) is 13.4. The summed E-state index contributed by atoms with van der Waals surface area (Å²) in [7, 11) is -9.62. The van der Waals surface area contributed by atoms with E-state index in [1.54, 1.807) is 0 Å². The van der Waals surface area contributed by atoms with Crippen molar-refractivity contribution in [2.45, 2.75) is 17.7 Å². The molecular formula is C9H9F5O2S. The molecule has 0 amide bonds. The van der Waals surface area contributed by atoms with Crippen molar-refractivity contribution in [1.29, 1.82) is 0 Å². The number of hydrogen-bond acceptors (Lipinski definition) is 1. The fraction of sp³-hybridized carbons (Fsp3) is 0.222. The van der Waals surface area contributed by atoms with Crippen molar-refractivity contribution in [3.63, 3.8) is 0 Å². The van der Waals surface area contributed by atoms with Crippen molar-refractivity contribution in [1.82, 2.24) is 0 Å². The van der Waals surface area contributed by atoms with Gasteiger partial charge in [-0.3, -0.25) is 4.79 Å². The smallest absolute Gasteiger partial charge is 0.310 e. The Balaban J connectivity index is 2.94. The lowest BCUT2D eigenvalue weighted by atomic mass is 10.1. The summed E-state index contributed by atoms with van der Waals surface area (Å²) in [4.78, 5) is 8.24. The fourth-order valence-electron chi connectivity index (χ4n) is 1.16. The van der Waals surface area contributed by atoms with Crippen LogP contribution in [0.5, 0.6) is 0 Å². The van der Waals surface area contributed by atoms with Gasteiger partial charge in [0, 0.05) is 6.42 Å². The van der Waals surface area contributed by atoms with E-state index in [1.165, 1.54) is 0 Å². The summed E-state index contributed by atoms with van der Waals surface area (Å²) in [5.41, 5.74) is 0.262. The Hall–Kier alpha value is -1.31. The first-order valence-corrected chi connectivity index (χ1v) is 6.38. The molecule has 1 rings (SSSR count). The van der Waals surface area contributed by atoms with Crippen LogP contribution < -0.4 is 0 Å². The Morgan fingerprint density at radius 3 is 1.88 bits per heavy atom. The molecule has 1 N–H and O–H groups in total. The van der Waals surface area contributed by atoms with E-state index < -0.39 is 21.1 Å². The molecule has 0 aliphatic rings. The minimum Gasteiger partial charge on any atom is -0.481 e. The van der Waals surface area contributed by atoms with Crippen molar-refractivity contribution in [3.8, 4) is 0 Å². The van der Waals surface area contributed by atoms with Gasteiger partial charge in [-0.15, -0.1) is 0 Å². The van der Waals surface area contributed by atoms with Crippen molar-refractivity contribution in [3.05, 3.63) is 29.8 Å². The van der Waals surface area contributed by atoms with E-state index in [0.717, 1.165) is 12.1 Å². The third-order valence-electron chi connectivity index (χ3n) is 2.00. The summed E-state index contributed by atoms with van der Waals surface area (Å²) in [5.74, 6) is -1.11. The summed E-state index contributed by atoms with van der Waals surface area (Å²) >= 11 is 0. The van der Waals surface area contributed by atoms with Crippen LogP contribution in [-0.2, 0) is 11.2 Å². The predicted octanol–water partition coefficient (Wildman–Crippen LogP) is 4.36. The summed E-state index contributed by atoms with van der Waals surface area (Å²) < 4.78 is 61.5. The van der Waals surface area contributed by atoms with Crippen LogP contribution in [-0.4, -0.2) is 11.1 Å². The number of rotatable bonds is 4. The largest absolute Gasteiger partial charge is 0.481 e. The van der Waals surface area contributed by atoms with E-state index in [0.29, 0.717) is 0 Å². The highest BCUT2D eigenvalue weighted by Crippen LogP contribution is 3.02. The molecule has 2 nitrogen and oxygen atoms in total. The van der Waals surface area contributed by atoms with Gasteiger partial charge >= 0.3 is 16.2 Å². The SMILES string of the molecule is O=C(O)CCc1ccc(S(F)(F)(F)(F)F)cc1. The molecule has 0 heterocycles. The highest BCUT2D eigenvalue weighted by molar-refractivity contribution is 8.45. The van der Waals surface area contributed by atoms with E-state index in [2.05, 4.69) is 0 Å². The third-order valence-corrected chi connectivity index (χ3v) is 3.16. The number of hydrogen-bond donors (Lipinski definition) is 1. The van der Waals surface area contributed by atoms with Crippen LogP contribution in [0.3, 0.4) is 0 Å². The van der Waals surface area contributed by atoms with Gasteiger partial charge in [-0.05, 0) is 24.1 Å². The summed E-state index contributed by atoms with van der Waals surface area (Å²) in [6, 6.07) is 2.27. The highest BCUT2D eigenvalue weighted by Gasteiger charge is 2.65. The Morgan fingerprint density at radius 2 is 1.53 bits per heavy atom. The molecule has 0 aromatic heterocycles. The lowest BCUT2D eigenvalue weighted by molar-refractivity contribution is -0.136. The topological polar surface area (TPSA) is 37.3 Å². The molecule has 0 fully saturated rings. The Kier molecular flexibility index (Phi) is 2.71. The maximum atomic E-state index is 12.3. The molecule has 8 heteroatoms. The molecule has 0 aliphatic heterocycles. The second-order valence-corrected chi connectivity index (χ2v) is 5.92. The first-order valence-electron chi connectivity index (χ1n) is 4.43. The van der Waals surface area contributed by atoms with Crippen molar-refractivity contribution >= 4 is 16.2 Å². The first kappa shape index (κ1) is 13.8. The number of carboxylic acid groups (broad SMARTS) is 1. The van der Waals surface area contributed by atoms with Crippen molar-refractivity contribution in [2.24, 2.45) is 0 Å². The number of aliphatic carboxylic acids is 1. The van der Waals surface area contributed by atoms with E-state index >= 15 is 0 Å². The third kappa shape index (κ3) is 4.22. The van der Waals surface area contributed by atoms with Gasteiger partial charge in [-0.2, -0.15) is 0 Å². The molecule has 0 saturated heterocycles. The van der Waals surface area contributed by atoms with Gasteiger partial charge in [-0.25, -0.2) is 0 Å². The van der Waals surface area contributed by atoms with Gasteiger partial charge in [0.05, 0.1) is 0 Å². The predicted molar refractivity (Wildman–Crippen MR) is 53.8 cm³/mol. The van der Waals surface area contributed by atoms with Gasteiger partial charge in [0.25, 0.3) is 0 Å². The molecular weight excluding hydrogens is 267 g/mol. The maximum Gasteiger partial charge on any atom is 0.310 e. The molecule has 0 unspecified atom stereocenters. The average Bonchev–Trinajstić information content (AvgIpc) is 2.12. The van der Waals surface area contributed by atoms with Crippen molar-refractivity contribution in [2.75, 3.05) is 0 Å². The Morgan fingerprint density at radius 1 is 1.06 bits per heavy atom. The van der Waals surface area contributed by atoms with Crippen LogP contribution in [0.15, 0.2) is 29.2 Å². The van der Waals surface area contributed by atoms with Crippen LogP contribution in [0.2, 0.25) is 0 Å². The minimum absolute atomic E-state index is 0.00404. The lowest BCUT2D eigenvalue weighted by Crippen LogP contribution is -2.06. The number of carbonyl (C=O) groups is 1. The molecule has 0 aliphatic carbocycles. The molecule has 98 valence electrons. The summed E-state index contributed by atoms with van der Waals surface area (Å²) in [6.45, 7) is 0. The Labute approximate surface area is 93.8 Å². The quantitative estimate of drug-likeness (QED) is 0.829. The fourth-order valence-corrected chi connectivity index (χ4v) is 1.81. The van der Waals surface area contributed by atoms with Crippen LogP contribution in [0.25, 0.3) is 0 Å². The molecule has 1 aromatic rings. The molecule has 0 radical (unpaired) electrons. The molecule has 17 heavy (non-hydrogen) atoms. The van der Waals surface area contributed by atoms with Crippen LogP contribution in [0.1, 0.15) is 12.0 Å². The zero-order valence-electron chi connectivity index (χ0n) is 8.38. The standard InChI is InChI=1S/C9H9F5O2S/c10-17(11,12,13,14)8-4-1-7(2-5-8)3-6-9(15)16/h1-2,4-5H,3,6H2,(H,15,16). The monoisotopic (exact) mass is 276 g/mol. The van der Waals surface area contributed by atoms with Gasteiger partial charge in [-0.1, -0.05) is 31.6 Å². The first-order chi connectivity index (χ1) is 7.38. The van der Waals surface area contributed by atoms with E-state index in [1.807, 2.05) is 0 Å². The number of carboxylic acids is 1. The zero-order valence-corrected chi connectivity index (χ0v) is 9.19. The normalized spacial score (nSPS) is 16.1. The number of aryl methyl sites for hydroxylation is 1. The molecule has 0 atom stereocenters. The lowest BCUT2D eigenvalue weighted by Gasteiger charge is -2.40. The van der Waals surface area contributed by atoms with Crippen LogP contribution >= 0.6 is 10.2 Å². The maximum absolute atomic E-state index is 12.3. The second-order valence-electron chi connectivity index (χ2n) is 3.51. The summed E-state index contributed by atoms with van der Waals surface area (Å²) in [5, 5.41) is 8.35. The van der Waals surface area contributed by atoms with E-state index in [9.17, 15) is 24.2 Å². The minimum atomic E-state index is -9.62. The van der Waals surface area contributed by atoms with Gasteiger partial charge in [0.2, 0.25) is 0 Å². The Bertz CT molecular complexity index is 436. The van der Waals surface area contributed by atoms with Gasteiger partial charge < -0.3 is 5.11 Å². The molecule has 0 spiro atoms. The number of halogens is 5. The molecule has 0 bridgehead atoms. The van der Waals surface area contributed by atoms with E-state index in [-0.39, 0.29) is 30.5 Å². The average molecular weight is 276 g/mol. The van der Waals surface area contributed by atoms with Crippen LogP contribution in [0, 0.1) is 0 Å². The van der Waals surface area contributed by atoms with E-state index in [4.69, 9.17) is 5.11 Å². The summed E-state index contributed by atoms with van der Waals surface area (Å²) in [6.07, 6.45) is -0.272. The van der Waals surface area contributed by atoms with Gasteiger partial charge in [0.15, 0.2) is 0 Å². The molecule has 0 saturated carbocycles. The second kappa shape index (κ2) is 3.34. The van der Waals surface area contributed by atoms with Gasteiger partial charge in [0.1, 0.15) is 4.90 Å². The van der Waals surface area contributed by atoms with Crippen LogP contribution in [0.4, 0.5) is 19.4 Å². The van der Waals surface area contributed by atoms with Crippen molar-refractivity contribution < 1.29 is 29.3 Å². The number of benzene rings is 1. The molecule has 1 aromatic carbocycles. The highest BCUT2D eigenvalue weighted by atomic mass is 32.5.